The first-order valence-corrected chi connectivity index (χ1v) is 13.5. The fourth-order valence-corrected chi connectivity index (χ4v) is 4.72. The molecule has 2 atom stereocenters. The number of nitrogens with one attached hydrogen (secondary N) is 1. The van der Waals surface area contributed by atoms with Gasteiger partial charge in [-0.15, -0.1) is 0 Å². The van der Waals surface area contributed by atoms with Gasteiger partial charge in [-0.05, 0) is 45.2 Å². The number of carbonyl (C=O) groups is 2. The molecular formula is C31H39N3O5. The van der Waals surface area contributed by atoms with Gasteiger partial charge in [0.05, 0.1) is 24.9 Å². The molecule has 8 nitrogen and oxygen atoms in total. The van der Waals surface area contributed by atoms with Crippen LogP contribution in [0.15, 0.2) is 54.6 Å². The molecule has 8 heteroatoms. The van der Waals surface area contributed by atoms with Gasteiger partial charge < -0.3 is 24.4 Å². The molecule has 2 aromatic carbocycles. The van der Waals surface area contributed by atoms with Crippen LogP contribution in [0.2, 0.25) is 0 Å². The molecule has 1 aliphatic rings. The van der Waals surface area contributed by atoms with E-state index >= 15 is 0 Å². The van der Waals surface area contributed by atoms with Gasteiger partial charge in [0.25, 0.3) is 0 Å². The molecule has 0 bridgehead atoms. The van der Waals surface area contributed by atoms with Crippen molar-refractivity contribution in [2.75, 3.05) is 20.2 Å². The van der Waals surface area contributed by atoms with E-state index in [1.54, 1.807) is 32.8 Å². The second-order valence-electron chi connectivity index (χ2n) is 11.4. The number of rotatable bonds is 8. The van der Waals surface area contributed by atoms with Crippen molar-refractivity contribution < 1.29 is 23.8 Å². The first-order valence-electron chi connectivity index (χ1n) is 13.5. The van der Waals surface area contributed by atoms with Crippen molar-refractivity contribution in [2.45, 2.75) is 65.2 Å². The fourth-order valence-electron chi connectivity index (χ4n) is 4.72. The highest BCUT2D eigenvalue weighted by Crippen LogP contribution is 2.33. The van der Waals surface area contributed by atoms with Gasteiger partial charge >= 0.3 is 6.09 Å². The van der Waals surface area contributed by atoms with Crippen LogP contribution >= 0.6 is 0 Å². The maximum absolute atomic E-state index is 13.5. The van der Waals surface area contributed by atoms with Gasteiger partial charge in [-0.3, -0.25) is 4.79 Å². The summed E-state index contributed by atoms with van der Waals surface area (Å²) >= 11 is 0. The van der Waals surface area contributed by atoms with Crippen LogP contribution in [0, 0.1) is 5.92 Å². The highest BCUT2D eigenvalue weighted by molar-refractivity contribution is 5.89. The van der Waals surface area contributed by atoms with Crippen molar-refractivity contribution in [3.63, 3.8) is 0 Å². The molecule has 2 heterocycles. The first-order chi connectivity index (χ1) is 18.5. The van der Waals surface area contributed by atoms with Crippen LogP contribution < -0.4 is 14.8 Å². The minimum absolute atomic E-state index is 0.116. The summed E-state index contributed by atoms with van der Waals surface area (Å²) in [5, 5.41) is 3.67. The van der Waals surface area contributed by atoms with Crippen LogP contribution in [0.3, 0.4) is 0 Å². The molecule has 4 rings (SSSR count). The largest absolute Gasteiger partial charge is 0.497 e. The number of methoxy groups -OCH3 is 1. The standard InChI is InChI=1S/C31H39N3O5/c1-20(2)16-27(33-30(36)39-31(3,4)5)29(35)34-15-14-23(19-34)38-28-18-25(21-10-8-7-9-11-21)32-26-17-22(37-6)12-13-24(26)28/h7-13,17-18,20,23,27H,14-16,19H2,1-6H3,(H,33,36)/t23-,27+/m1/s1. The number of hydrogen-bond acceptors (Lipinski definition) is 6. The summed E-state index contributed by atoms with van der Waals surface area (Å²) in [7, 11) is 1.63. The molecule has 1 saturated heterocycles. The van der Waals surface area contributed by atoms with Gasteiger partial charge in [0.15, 0.2) is 0 Å². The predicted octanol–water partition coefficient (Wildman–Crippen LogP) is 5.83. The van der Waals surface area contributed by atoms with Crippen molar-refractivity contribution in [1.29, 1.82) is 0 Å². The van der Waals surface area contributed by atoms with Crippen LogP contribution in [-0.4, -0.2) is 59.8 Å². The monoisotopic (exact) mass is 533 g/mol. The molecule has 39 heavy (non-hydrogen) atoms. The molecule has 0 radical (unpaired) electrons. The lowest BCUT2D eigenvalue weighted by Crippen LogP contribution is -2.50. The molecule has 1 aliphatic heterocycles. The molecule has 0 aliphatic carbocycles. The van der Waals surface area contributed by atoms with Crippen LogP contribution in [-0.2, 0) is 9.53 Å². The molecule has 2 amide bonds. The fraction of sp³-hybridized carbons (Fsp3) is 0.452. The maximum Gasteiger partial charge on any atom is 0.408 e. The zero-order valence-electron chi connectivity index (χ0n) is 23.7. The highest BCUT2D eigenvalue weighted by Gasteiger charge is 2.34. The van der Waals surface area contributed by atoms with Gasteiger partial charge in [-0.2, -0.15) is 0 Å². The molecule has 1 fully saturated rings. The Hall–Kier alpha value is -3.81. The van der Waals surface area contributed by atoms with E-state index in [1.165, 1.54) is 0 Å². The molecule has 208 valence electrons. The maximum atomic E-state index is 13.5. The molecule has 1 aromatic heterocycles. The molecule has 1 N–H and O–H groups in total. The van der Waals surface area contributed by atoms with E-state index in [0.717, 1.165) is 27.9 Å². The topological polar surface area (TPSA) is 90.0 Å². The van der Waals surface area contributed by atoms with E-state index in [0.29, 0.717) is 31.7 Å². The minimum Gasteiger partial charge on any atom is -0.497 e. The number of aromatic nitrogens is 1. The van der Waals surface area contributed by atoms with Gasteiger partial charge in [-0.1, -0.05) is 44.2 Å². The van der Waals surface area contributed by atoms with Crippen molar-refractivity contribution in [3.05, 3.63) is 54.6 Å². The van der Waals surface area contributed by atoms with Crippen molar-refractivity contribution in [3.8, 4) is 22.8 Å². The number of hydrogen-bond donors (Lipinski definition) is 1. The summed E-state index contributed by atoms with van der Waals surface area (Å²) in [6.07, 6.45) is 0.442. The number of amides is 2. The summed E-state index contributed by atoms with van der Waals surface area (Å²) < 4.78 is 17.4. The third-order valence-electron chi connectivity index (χ3n) is 6.50. The summed E-state index contributed by atoms with van der Waals surface area (Å²) in [4.78, 5) is 32.6. The van der Waals surface area contributed by atoms with Crippen molar-refractivity contribution >= 4 is 22.9 Å². The van der Waals surface area contributed by atoms with Gasteiger partial charge in [-0.25, -0.2) is 9.78 Å². The average Bonchev–Trinajstić information content (AvgIpc) is 3.35. The normalized spacial score (nSPS) is 16.3. The Kier molecular flexibility index (Phi) is 8.63. The van der Waals surface area contributed by atoms with Crippen molar-refractivity contribution in [1.82, 2.24) is 15.2 Å². The van der Waals surface area contributed by atoms with Gasteiger partial charge in [0, 0.05) is 36.0 Å². The lowest BCUT2D eigenvalue weighted by molar-refractivity contribution is -0.133. The smallest absolute Gasteiger partial charge is 0.408 e. The molecule has 0 unspecified atom stereocenters. The Balaban J connectivity index is 1.53. The van der Waals surface area contributed by atoms with E-state index < -0.39 is 17.7 Å². The Morgan fingerprint density at radius 2 is 1.85 bits per heavy atom. The van der Waals surface area contributed by atoms with Gasteiger partial charge in [0.2, 0.25) is 5.91 Å². The van der Waals surface area contributed by atoms with E-state index in [9.17, 15) is 9.59 Å². The minimum atomic E-state index is -0.655. The summed E-state index contributed by atoms with van der Waals surface area (Å²) in [5.41, 5.74) is 1.92. The number of pyridine rings is 1. The Bertz CT molecular complexity index is 1300. The number of fused-ring (bicyclic) bond motifs is 1. The third-order valence-corrected chi connectivity index (χ3v) is 6.50. The lowest BCUT2D eigenvalue weighted by atomic mass is 10.0. The summed E-state index contributed by atoms with van der Waals surface area (Å²) in [6, 6.07) is 17.0. The quantitative estimate of drug-likeness (QED) is 0.392. The molecule has 3 aromatic rings. The zero-order valence-corrected chi connectivity index (χ0v) is 23.7. The second kappa shape index (κ2) is 11.9. The van der Waals surface area contributed by atoms with Gasteiger partial charge in [0.1, 0.15) is 29.2 Å². The molecule has 0 spiro atoms. The number of ether oxygens (including phenoxy) is 3. The number of carbonyl (C=O) groups excluding carboxylic acids is 2. The summed E-state index contributed by atoms with van der Waals surface area (Å²) in [6.45, 7) is 10.4. The average molecular weight is 534 g/mol. The van der Waals surface area contributed by atoms with E-state index in [-0.39, 0.29) is 17.9 Å². The van der Waals surface area contributed by atoms with Crippen LogP contribution in [0.5, 0.6) is 11.5 Å². The second-order valence-corrected chi connectivity index (χ2v) is 11.4. The van der Waals surface area contributed by atoms with Crippen LogP contribution in [0.4, 0.5) is 4.79 Å². The van der Waals surface area contributed by atoms with E-state index in [4.69, 9.17) is 19.2 Å². The first kappa shape index (κ1) is 28.2. The highest BCUT2D eigenvalue weighted by atomic mass is 16.6. The summed E-state index contributed by atoms with van der Waals surface area (Å²) in [5.74, 6) is 1.54. The van der Waals surface area contributed by atoms with E-state index in [1.807, 2.05) is 68.4 Å². The zero-order chi connectivity index (χ0) is 28.2. The third kappa shape index (κ3) is 7.40. The number of alkyl carbamates (subject to hydrolysis) is 1. The Morgan fingerprint density at radius 1 is 1.10 bits per heavy atom. The number of nitrogens with zero attached hydrogens (tertiary/aromatic N) is 2. The lowest BCUT2D eigenvalue weighted by Gasteiger charge is -2.27. The molecular weight excluding hydrogens is 494 g/mol. The SMILES string of the molecule is COc1ccc2c(O[C@@H]3CCN(C(=O)[C@H](CC(C)C)NC(=O)OC(C)(C)C)C3)cc(-c3ccccc3)nc2c1. The number of benzene rings is 2. The predicted molar refractivity (Wildman–Crippen MR) is 152 cm³/mol. The Morgan fingerprint density at radius 3 is 2.51 bits per heavy atom. The van der Waals surface area contributed by atoms with E-state index in [2.05, 4.69) is 5.32 Å². The van der Waals surface area contributed by atoms with Crippen molar-refractivity contribution in [2.24, 2.45) is 5.92 Å². The molecule has 0 saturated carbocycles. The van der Waals surface area contributed by atoms with Crippen LogP contribution in [0.25, 0.3) is 22.2 Å². The number of likely N-dealkylation sites (tertiary alicyclic amines) is 1. The van der Waals surface area contributed by atoms with Crippen LogP contribution in [0.1, 0.15) is 47.5 Å². The Labute approximate surface area is 230 Å².